The molecule has 6 heteroatoms. The van der Waals surface area contributed by atoms with Gasteiger partial charge in [-0.15, -0.1) is 11.3 Å². The molecule has 2 bridgehead atoms. The van der Waals surface area contributed by atoms with E-state index in [9.17, 15) is 14.4 Å². The number of carbonyl (C=O) groups excluding carboxylic acids is 3. The molecule has 2 aliphatic rings. The molecule has 0 aliphatic heterocycles. The van der Waals surface area contributed by atoms with Crippen LogP contribution >= 0.6 is 11.3 Å². The van der Waals surface area contributed by atoms with Gasteiger partial charge in [-0.05, 0) is 38.3 Å². The molecular formula is C20H19NO4S. The van der Waals surface area contributed by atoms with Crippen LogP contribution in [0.1, 0.15) is 46.1 Å². The zero-order chi connectivity index (χ0) is 18.4. The Kier molecular flexibility index (Phi) is 4.23. The molecule has 0 unspecified atom stereocenters. The van der Waals surface area contributed by atoms with Gasteiger partial charge in [-0.2, -0.15) is 0 Å². The average Bonchev–Trinajstić information content (AvgIpc) is 3.26. The summed E-state index contributed by atoms with van der Waals surface area (Å²) >= 11 is 1.48. The van der Waals surface area contributed by atoms with Gasteiger partial charge in [0.25, 0.3) is 0 Å². The van der Waals surface area contributed by atoms with Crippen molar-refractivity contribution >= 4 is 28.9 Å². The second kappa shape index (κ2) is 6.43. The molecule has 2 saturated carbocycles. The lowest BCUT2D eigenvalue weighted by Crippen LogP contribution is -2.35. The van der Waals surface area contributed by atoms with E-state index in [-0.39, 0.29) is 29.4 Å². The monoisotopic (exact) mass is 369 g/mol. The Hall–Kier alpha value is -2.34. The number of aryl methyl sites for hydroxylation is 1. The number of fused-ring (bicyclic) bond motifs is 2. The van der Waals surface area contributed by atoms with Crippen molar-refractivity contribution in [1.29, 1.82) is 0 Å². The van der Waals surface area contributed by atoms with Crippen LogP contribution in [0.2, 0.25) is 0 Å². The van der Waals surface area contributed by atoms with Gasteiger partial charge in [0.2, 0.25) is 0 Å². The van der Waals surface area contributed by atoms with Crippen LogP contribution in [0.15, 0.2) is 24.3 Å². The molecule has 0 saturated heterocycles. The highest BCUT2D eigenvalue weighted by Gasteiger charge is 2.48. The van der Waals surface area contributed by atoms with Crippen molar-refractivity contribution in [2.45, 2.75) is 32.1 Å². The number of hydrogen-bond donors (Lipinski definition) is 0. The summed E-state index contributed by atoms with van der Waals surface area (Å²) < 4.78 is 4.71. The zero-order valence-corrected chi connectivity index (χ0v) is 15.5. The lowest BCUT2D eigenvalue weighted by atomic mass is 9.77. The number of Topliss-reactive ketones (excluding diaryl/α,β-unsaturated/α-hetero) is 2. The van der Waals surface area contributed by atoms with Gasteiger partial charge in [0.1, 0.15) is 10.9 Å². The summed E-state index contributed by atoms with van der Waals surface area (Å²) in [5, 5.41) is 0.757. The van der Waals surface area contributed by atoms with Crippen LogP contribution in [0.4, 0.5) is 0 Å². The van der Waals surface area contributed by atoms with E-state index in [4.69, 9.17) is 4.74 Å². The molecule has 2 atom stereocenters. The Morgan fingerprint density at radius 3 is 2.31 bits per heavy atom. The summed E-state index contributed by atoms with van der Waals surface area (Å²) in [6.07, 6.45) is 2.38. The summed E-state index contributed by atoms with van der Waals surface area (Å²) in [5.74, 6) is -0.949. The standard InChI is InChI=1S/C20H19NO4S/c1-10-16(15-17(22)13-7-8-14(9-13)18(15)23)21-19(26-10)11-3-5-12(6-4-11)20(24)25-2/h3-6,13-15H,7-9H2,1-2H3/t13-,14-/m0/s1. The van der Waals surface area contributed by atoms with Crippen molar-refractivity contribution < 1.29 is 19.1 Å². The van der Waals surface area contributed by atoms with Gasteiger partial charge >= 0.3 is 5.97 Å². The molecule has 5 nitrogen and oxygen atoms in total. The number of thiazole rings is 1. The van der Waals surface area contributed by atoms with Crippen molar-refractivity contribution in [2.75, 3.05) is 7.11 Å². The maximum Gasteiger partial charge on any atom is 0.337 e. The summed E-state index contributed by atoms with van der Waals surface area (Å²) in [6, 6.07) is 6.99. The van der Waals surface area contributed by atoms with Gasteiger partial charge in [0.05, 0.1) is 18.4 Å². The Bertz CT molecular complexity index is 877. The van der Waals surface area contributed by atoms with Crippen LogP contribution < -0.4 is 0 Å². The third kappa shape index (κ3) is 2.69. The van der Waals surface area contributed by atoms with Gasteiger partial charge in [0.15, 0.2) is 11.6 Å². The minimum atomic E-state index is -0.694. The molecule has 2 fully saturated rings. The summed E-state index contributed by atoms with van der Waals surface area (Å²) in [5.41, 5.74) is 1.95. The Morgan fingerprint density at radius 2 is 1.73 bits per heavy atom. The molecule has 2 aliphatic carbocycles. The van der Waals surface area contributed by atoms with Crippen molar-refractivity contribution in [2.24, 2.45) is 11.8 Å². The van der Waals surface area contributed by atoms with Crippen LogP contribution in [-0.4, -0.2) is 29.6 Å². The maximum absolute atomic E-state index is 12.7. The number of benzene rings is 1. The number of methoxy groups -OCH3 is 1. The van der Waals surface area contributed by atoms with Crippen molar-refractivity contribution in [3.63, 3.8) is 0 Å². The molecule has 1 aromatic carbocycles. The van der Waals surface area contributed by atoms with Gasteiger partial charge in [-0.3, -0.25) is 9.59 Å². The Balaban J connectivity index is 1.67. The summed E-state index contributed by atoms with van der Waals surface area (Å²) in [4.78, 5) is 42.6. The van der Waals surface area contributed by atoms with Crippen LogP contribution in [0.5, 0.6) is 0 Å². The summed E-state index contributed by atoms with van der Waals surface area (Å²) in [7, 11) is 1.35. The number of ketones is 2. The van der Waals surface area contributed by atoms with E-state index < -0.39 is 5.92 Å². The van der Waals surface area contributed by atoms with Crippen LogP contribution in [0, 0.1) is 18.8 Å². The van der Waals surface area contributed by atoms with E-state index in [2.05, 4.69) is 4.98 Å². The smallest absolute Gasteiger partial charge is 0.337 e. The van der Waals surface area contributed by atoms with Crippen molar-refractivity contribution in [1.82, 2.24) is 4.98 Å². The first-order valence-corrected chi connectivity index (χ1v) is 9.54. The largest absolute Gasteiger partial charge is 0.465 e. The highest BCUT2D eigenvalue weighted by atomic mass is 32.1. The van der Waals surface area contributed by atoms with E-state index >= 15 is 0 Å². The number of aromatic nitrogens is 1. The van der Waals surface area contributed by atoms with Gasteiger partial charge < -0.3 is 4.74 Å². The third-order valence-electron chi connectivity index (χ3n) is 5.47. The normalized spacial score (nSPS) is 24.8. The van der Waals surface area contributed by atoms with Gasteiger partial charge in [0, 0.05) is 22.3 Å². The molecule has 2 aromatic rings. The maximum atomic E-state index is 12.7. The average molecular weight is 369 g/mol. The minimum Gasteiger partial charge on any atom is -0.465 e. The number of carbonyl (C=O) groups is 3. The second-order valence-electron chi connectivity index (χ2n) is 6.97. The molecule has 0 amide bonds. The number of ether oxygens (including phenoxy) is 1. The fourth-order valence-corrected chi connectivity index (χ4v) is 5.00. The molecule has 0 spiro atoms. The lowest BCUT2D eigenvalue weighted by Gasteiger charge is -2.24. The lowest BCUT2D eigenvalue weighted by molar-refractivity contribution is -0.136. The second-order valence-corrected chi connectivity index (χ2v) is 8.18. The molecule has 1 heterocycles. The topological polar surface area (TPSA) is 73.3 Å². The van der Waals surface area contributed by atoms with E-state index in [0.717, 1.165) is 34.7 Å². The van der Waals surface area contributed by atoms with E-state index in [1.165, 1.54) is 18.4 Å². The Morgan fingerprint density at radius 1 is 1.12 bits per heavy atom. The molecule has 0 N–H and O–H groups in total. The third-order valence-corrected chi connectivity index (χ3v) is 6.50. The van der Waals surface area contributed by atoms with Crippen LogP contribution in [0.3, 0.4) is 0 Å². The minimum absolute atomic E-state index is 0.0200. The first-order chi connectivity index (χ1) is 12.5. The molecule has 26 heavy (non-hydrogen) atoms. The van der Waals surface area contributed by atoms with Gasteiger partial charge in [-0.25, -0.2) is 9.78 Å². The first kappa shape index (κ1) is 17.1. The number of esters is 1. The SMILES string of the molecule is COC(=O)c1ccc(-c2nc(C3C(=O)[C@H]4CC[C@@H](C4)C3=O)c(C)s2)cc1. The number of rotatable bonds is 3. The zero-order valence-electron chi connectivity index (χ0n) is 14.7. The fourth-order valence-electron chi connectivity index (χ4n) is 4.05. The molecular weight excluding hydrogens is 350 g/mol. The van der Waals surface area contributed by atoms with Crippen molar-refractivity contribution in [3.05, 3.63) is 40.4 Å². The highest BCUT2D eigenvalue weighted by molar-refractivity contribution is 7.15. The highest BCUT2D eigenvalue weighted by Crippen LogP contribution is 2.45. The number of nitrogens with zero attached hydrogens (tertiary/aromatic N) is 1. The molecule has 0 radical (unpaired) electrons. The summed E-state index contributed by atoms with van der Waals surface area (Å²) in [6.45, 7) is 1.91. The van der Waals surface area contributed by atoms with Crippen LogP contribution in [0.25, 0.3) is 10.6 Å². The molecule has 134 valence electrons. The van der Waals surface area contributed by atoms with E-state index in [1.54, 1.807) is 12.1 Å². The Labute approximate surface area is 155 Å². The van der Waals surface area contributed by atoms with Gasteiger partial charge in [-0.1, -0.05) is 12.1 Å². The first-order valence-electron chi connectivity index (χ1n) is 8.73. The fraction of sp³-hybridized carbons (Fsp3) is 0.400. The van der Waals surface area contributed by atoms with Crippen molar-refractivity contribution in [3.8, 4) is 10.6 Å². The quantitative estimate of drug-likeness (QED) is 0.611. The van der Waals surface area contributed by atoms with E-state index in [0.29, 0.717) is 11.3 Å². The predicted octanol–water partition coefficient (Wildman–Crippen LogP) is 3.56. The number of hydrogen-bond acceptors (Lipinski definition) is 6. The van der Waals surface area contributed by atoms with E-state index in [1.807, 2.05) is 19.1 Å². The predicted molar refractivity (Wildman–Crippen MR) is 97.2 cm³/mol. The molecule has 1 aromatic heterocycles. The van der Waals surface area contributed by atoms with Crippen LogP contribution in [-0.2, 0) is 14.3 Å². The molecule has 4 rings (SSSR count).